The molecular weight excluding hydrogens is 48.0 g/mol. The van der Waals surface area contributed by atoms with E-state index in [1.165, 1.54) is 0 Å². The van der Waals surface area contributed by atoms with Crippen LogP contribution in [0.5, 0.6) is 0 Å². The summed E-state index contributed by atoms with van der Waals surface area (Å²) >= 11 is 0. The Morgan fingerprint density at radius 2 is 1.25 bits per heavy atom. The van der Waals surface area contributed by atoms with Crippen molar-refractivity contribution in [3.63, 3.8) is 0 Å². The molecule has 0 unspecified atom stereocenters. The van der Waals surface area contributed by atoms with Gasteiger partial charge in [-0.1, -0.05) is 12.2 Å². The van der Waals surface area contributed by atoms with Crippen molar-refractivity contribution in [2.75, 3.05) is 0 Å². The van der Waals surface area contributed by atoms with Gasteiger partial charge >= 0.3 is 0 Å². The number of rotatable bonds is 0. The lowest BCUT2D eigenvalue weighted by molar-refractivity contribution is 2.00. The fraction of sp³-hybridized carbons (Fsp3) is 0. The van der Waals surface area contributed by atoms with Crippen LogP contribution < -0.4 is 0 Å². The van der Waals surface area contributed by atoms with Gasteiger partial charge in [-0.05, 0) is 13.8 Å². The van der Waals surface area contributed by atoms with E-state index >= 15 is 0 Å². The quantitative estimate of drug-likeness (QED) is 0.390. The molecule has 0 atom stereocenters. The highest BCUT2D eigenvalue weighted by atomic mass is 13.4. The first kappa shape index (κ1) is 3.74. The SMILES string of the molecule is [CH2]/C=C\[CH2]. The van der Waals surface area contributed by atoms with Crippen LogP contribution in [0.2, 0.25) is 0 Å². The molecule has 0 saturated carbocycles. The summed E-state index contributed by atoms with van der Waals surface area (Å²) in [6, 6.07) is 0. The van der Waals surface area contributed by atoms with Gasteiger partial charge in [-0.2, -0.15) is 0 Å². The van der Waals surface area contributed by atoms with Gasteiger partial charge in [0.05, 0.1) is 0 Å². The Morgan fingerprint density at radius 1 is 1.00 bits per heavy atom. The molecule has 4 heavy (non-hydrogen) atoms. The first-order valence-electron chi connectivity index (χ1n) is 1.15. The van der Waals surface area contributed by atoms with Crippen LogP contribution in [0.1, 0.15) is 0 Å². The third-order valence-corrected chi connectivity index (χ3v) is 0.167. The molecule has 0 aliphatic heterocycles. The van der Waals surface area contributed by atoms with Crippen LogP contribution in [-0.4, -0.2) is 0 Å². The van der Waals surface area contributed by atoms with Gasteiger partial charge in [0.15, 0.2) is 0 Å². The summed E-state index contributed by atoms with van der Waals surface area (Å²) in [6.07, 6.45) is 3.28. The van der Waals surface area contributed by atoms with Crippen LogP contribution >= 0.6 is 0 Å². The highest BCUT2D eigenvalue weighted by Crippen LogP contribution is 1.55. The number of allylic oxidation sites excluding steroid dienone is 2. The minimum absolute atomic E-state index is 1.64. The van der Waals surface area contributed by atoms with Crippen LogP contribution in [0.4, 0.5) is 0 Å². The summed E-state index contributed by atoms with van der Waals surface area (Å²) in [6.45, 7) is 6.72. The minimum Gasteiger partial charge on any atom is -0.0882 e. The van der Waals surface area contributed by atoms with Crippen molar-refractivity contribution in [1.29, 1.82) is 0 Å². The summed E-state index contributed by atoms with van der Waals surface area (Å²) in [5.74, 6) is 0. The van der Waals surface area contributed by atoms with Crippen molar-refractivity contribution in [3.8, 4) is 0 Å². The lowest BCUT2D eigenvalue weighted by atomic mass is 10.6. The maximum Gasteiger partial charge on any atom is -0.0316 e. The molecule has 0 rings (SSSR count). The van der Waals surface area contributed by atoms with Gasteiger partial charge in [-0.15, -0.1) is 0 Å². The molecule has 0 aliphatic rings. The average Bonchev–Trinajstić information content (AvgIpc) is 1.37. The van der Waals surface area contributed by atoms with Crippen LogP contribution in [0.15, 0.2) is 12.2 Å². The maximum absolute atomic E-state index is 3.36. The molecule has 0 heteroatoms. The Kier molecular flexibility index (Phi) is 2.56. The van der Waals surface area contributed by atoms with Gasteiger partial charge in [-0.3, -0.25) is 0 Å². The van der Waals surface area contributed by atoms with E-state index in [1.54, 1.807) is 12.2 Å². The molecule has 0 bridgehead atoms. The van der Waals surface area contributed by atoms with E-state index in [-0.39, 0.29) is 0 Å². The molecule has 0 aromatic heterocycles. The molecule has 0 heterocycles. The number of hydrogen-bond donors (Lipinski definition) is 0. The second-order valence-corrected chi connectivity index (χ2v) is 0.471. The van der Waals surface area contributed by atoms with Crippen LogP contribution in [0.3, 0.4) is 0 Å². The lowest BCUT2D eigenvalue weighted by Crippen LogP contribution is -1.28. The molecule has 0 N–H and O–H groups in total. The van der Waals surface area contributed by atoms with Crippen molar-refractivity contribution in [3.05, 3.63) is 26.0 Å². The van der Waals surface area contributed by atoms with E-state index in [1.807, 2.05) is 0 Å². The van der Waals surface area contributed by atoms with E-state index in [0.717, 1.165) is 0 Å². The smallest absolute Gasteiger partial charge is 0.0316 e. The summed E-state index contributed by atoms with van der Waals surface area (Å²) in [5, 5.41) is 0. The second kappa shape index (κ2) is 2.74. The van der Waals surface area contributed by atoms with Gasteiger partial charge < -0.3 is 0 Å². The Morgan fingerprint density at radius 3 is 1.25 bits per heavy atom. The second-order valence-electron chi connectivity index (χ2n) is 0.471. The molecule has 0 amide bonds. The van der Waals surface area contributed by atoms with E-state index in [2.05, 4.69) is 13.8 Å². The molecule has 0 aromatic rings. The van der Waals surface area contributed by atoms with E-state index < -0.39 is 0 Å². The Balaban J connectivity index is 2.55. The molecule has 0 nitrogen and oxygen atoms in total. The Hall–Kier alpha value is -0.260. The monoisotopic (exact) mass is 54.0 g/mol. The van der Waals surface area contributed by atoms with E-state index in [0.29, 0.717) is 0 Å². The van der Waals surface area contributed by atoms with E-state index in [9.17, 15) is 0 Å². The standard InChI is InChI=1S/C4H6/c1-3-4-2/h3-4H,1-2H2/b4-3-. The fourth-order valence-electron chi connectivity index (χ4n) is 0. The van der Waals surface area contributed by atoms with Gasteiger partial charge in [0.1, 0.15) is 0 Å². The highest BCUT2D eigenvalue weighted by molar-refractivity contribution is 4.85. The molecule has 0 saturated heterocycles. The lowest BCUT2D eigenvalue weighted by Gasteiger charge is -1.48. The Labute approximate surface area is 27.1 Å². The van der Waals surface area contributed by atoms with E-state index in [4.69, 9.17) is 0 Å². The molecule has 0 fully saturated rings. The van der Waals surface area contributed by atoms with Crippen molar-refractivity contribution >= 4 is 0 Å². The Bertz CT molecular complexity index is 15.2. The fourth-order valence-corrected chi connectivity index (χ4v) is 0. The molecule has 0 aromatic carbocycles. The van der Waals surface area contributed by atoms with Crippen LogP contribution in [0, 0.1) is 13.8 Å². The van der Waals surface area contributed by atoms with Crippen LogP contribution in [-0.2, 0) is 0 Å². The normalized spacial score (nSPS) is 9.50. The topological polar surface area (TPSA) is 0 Å². The van der Waals surface area contributed by atoms with Crippen molar-refractivity contribution in [1.82, 2.24) is 0 Å². The highest BCUT2D eigenvalue weighted by Gasteiger charge is 1.35. The molecule has 0 spiro atoms. The average molecular weight is 54.1 g/mol. The molecule has 0 aliphatic carbocycles. The summed E-state index contributed by atoms with van der Waals surface area (Å²) in [7, 11) is 0. The van der Waals surface area contributed by atoms with Crippen molar-refractivity contribution < 1.29 is 0 Å². The minimum atomic E-state index is 1.64. The zero-order chi connectivity index (χ0) is 3.41. The first-order chi connectivity index (χ1) is 1.91. The molecular formula is C4H6. The predicted octanol–water partition coefficient (Wildman–Crippen LogP) is 1.21. The molecule has 22 valence electrons. The van der Waals surface area contributed by atoms with Gasteiger partial charge in [-0.25, -0.2) is 0 Å². The van der Waals surface area contributed by atoms with Crippen molar-refractivity contribution in [2.45, 2.75) is 0 Å². The zero-order valence-corrected chi connectivity index (χ0v) is 2.57. The first-order valence-corrected chi connectivity index (χ1v) is 1.15. The number of hydrogen-bond acceptors (Lipinski definition) is 0. The third kappa shape index (κ3) is 1.74. The summed E-state index contributed by atoms with van der Waals surface area (Å²) in [4.78, 5) is 0. The van der Waals surface area contributed by atoms with Crippen molar-refractivity contribution in [2.24, 2.45) is 0 Å². The largest absolute Gasteiger partial charge is 0.0882 e. The zero-order valence-electron chi connectivity index (χ0n) is 2.57. The third-order valence-electron chi connectivity index (χ3n) is 0.167. The predicted molar refractivity (Wildman–Crippen MR) is 19.9 cm³/mol. The molecule has 2 radical (unpaired) electrons. The summed E-state index contributed by atoms with van der Waals surface area (Å²) in [5.41, 5.74) is 0. The summed E-state index contributed by atoms with van der Waals surface area (Å²) < 4.78 is 0. The van der Waals surface area contributed by atoms with Gasteiger partial charge in [0, 0.05) is 0 Å². The maximum atomic E-state index is 3.36. The van der Waals surface area contributed by atoms with Gasteiger partial charge in [0.2, 0.25) is 0 Å². The van der Waals surface area contributed by atoms with Gasteiger partial charge in [0.25, 0.3) is 0 Å². The van der Waals surface area contributed by atoms with Crippen LogP contribution in [0.25, 0.3) is 0 Å².